The van der Waals surface area contributed by atoms with Crippen LogP contribution in [0.3, 0.4) is 0 Å². The van der Waals surface area contributed by atoms with E-state index in [1.165, 1.54) is 18.2 Å². The molecule has 18 heavy (non-hydrogen) atoms. The predicted molar refractivity (Wildman–Crippen MR) is 67.6 cm³/mol. The Kier molecular flexibility index (Phi) is 4.18. The molecule has 7 heteroatoms. The Morgan fingerprint density at radius 1 is 1.39 bits per heavy atom. The summed E-state index contributed by atoms with van der Waals surface area (Å²) in [4.78, 5) is 11.1. The number of hydrogen-bond donors (Lipinski definition) is 2. The van der Waals surface area contributed by atoms with Crippen LogP contribution in [0.5, 0.6) is 5.75 Å². The highest BCUT2D eigenvalue weighted by Crippen LogP contribution is 2.30. The minimum absolute atomic E-state index is 0.0189. The van der Waals surface area contributed by atoms with Crippen LogP contribution in [0.15, 0.2) is 18.2 Å². The van der Waals surface area contributed by atoms with Gasteiger partial charge in [0.25, 0.3) is 0 Å². The molecule has 1 rings (SSSR count). The summed E-state index contributed by atoms with van der Waals surface area (Å²) in [7, 11) is -3.50. The lowest BCUT2D eigenvalue weighted by Gasteiger charge is -2.16. The number of hydrogen-bond acceptors (Lipinski definition) is 4. The summed E-state index contributed by atoms with van der Waals surface area (Å²) in [5, 5.41) is 9.04. The van der Waals surface area contributed by atoms with Crippen molar-refractivity contribution in [1.29, 1.82) is 0 Å². The number of benzene rings is 1. The number of carboxylic acid groups (broad SMARTS) is 1. The molecular weight excluding hydrogens is 258 g/mol. The normalized spacial score (nSPS) is 11.3. The predicted octanol–water partition coefficient (Wildman–Crippen LogP) is 1.54. The van der Waals surface area contributed by atoms with Crippen LogP contribution in [-0.2, 0) is 10.0 Å². The molecule has 0 fully saturated rings. The summed E-state index contributed by atoms with van der Waals surface area (Å²) in [6.07, 6.45) is 0.713. The number of anilines is 1. The van der Waals surface area contributed by atoms with E-state index in [4.69, 9.17) is 9.84 Å². The van der Waals surface area contributed by atoms with Crippen LogP contribution in [0.2, 0.25) is 0 Å². The molecule has 0 aliphatic heterocycles. The molecule has 0 aliphatic rings. The van der Waals surface area contributed by atoms with Crippen molar-refractivity contribution in [3.8, 4) is 5.75 Å². The number of rotatable bonds is 5. The van der Waals surface area contributed by atoms with E-state index in [1.807, 2.05) is 0 Å². The molecule has 0 atom stereocenters. The van der Waals surface area contributed by atoms with Crippen molar-refractivity contribution in [2.45, 2.75) is 20.0 Å². The zero-order valence-corrected chi connectivity index (χ0v) is 11.1. The molecule has 0 heterocycles. The van der Waals surface area contributed by atoms with Gasteiger partial charge in [-0.1, -0.05) is 6.07 Å². The maximum Gasteiger partial charge on any atom is 0.339 e. The van der Waals surface area contributed by atoms with Crippen LogP contribution >= 0.6 is 0 Å². The average molecular weight is 273 g/mol. The minimum Gasteiger partial charge on any atom is -0.488 e. The molecule has 100 valence electrons. The second-order valence-electron chi connectivity index (χ2n) is 4.03. The van der Waals surface area contributed by atoms with E-state index in [-0.39, 0.29) is 23.1 Å². The van der Waals surface area contributed by atoms with Crippen molar-refractivity contribution in [2.24, 2.45) is 0 Å². The third kappa shape index (κ3) is 3.92. The molecule has 0 saturated heterocycles. The van der Waals surface area contributed by atoms with Gasteiger partial charge in [-0.3, -0.25) is 4.72 Å². The summed E-state index contributed by atoms with van der Waals surface area (Å²) >= 11 is 0. The fourth-order valence-electron chi connectivity index (χ4n) is 1.35. The smallest absolute Gasteiger partial charge is 0.339 e. The van der Waals surface area contributed by atoms with Crippen molar-refractivity contribution < 1.29 is 23.1 Å². The van der Waals surface area contributed by atoms with Crippen LogP contribution in [0.25, 0.3) is 0 Å². The first kappa shape index (κ1) is 14.3. The Hall–Kier alpha value is -1.76. The molecule has 0 aliphatic carbocycles. The summed E-state index contributed by atoms with van der Waals surface area (Å²) in [5.41, 5.74) is 0.0310. The first-order valence-electron chi connectivity index (χ1n) is 5.21. The van der Waals surface area contributed by atoms with E-state index in [9.17, 15) is 13.2 Å². The van der Waals surface area contributed by atoms with Crippen molar-refractivity contribution in [2.75, 3.05) is 11.0 Å². The van der Waals surface area contributed by atoms with Crippen molar-refractivity contribution in [1.82, 2.24) is 0 Å². The molecule has 2 N–H and O–H groups in total. The average Bonchev–Trinajstić information content (AvgIpc) is 2.17. The van der Waals surface area contributed by atoms with Gasteiger partial charge < -0.3 is 9.84 Å². The number of sulfonamides is 1. The monoisotopic (exact) mass is 273 g/mol. The second kappa shape index (κ2) is 5.26. The highest BCUT2D eigenvalue weighted by Gasteiger charge is 2.18. The quantitative estimate of drug-likeness (QED) is 0.849. The van der Waals surface area contributed by atoms with Crippen LogP contribution in [-0.4, -0.2) is 31.9 Å². The number of carbonyl (C=O) groups is 1. The van der Waals surface area contributed by atoms with Crippen LogP contribution < -0.4 is 9.46 Å². The maximum absolute atomic E-state index is 11.2. The maximum atomic E-state index is 11.2. The van der Waals surface area contributed by atoms with Gasteiger partial charge >= 0.3 is 5.97 Å². The number of ether oxygens (including phenoxy) is 1. The van der Waals surface area contributed by atoms with Gasteiger partial charge in [-0.2, -0.15) is 0 Å². The van der Waals surface area contributed by atoms with Crippen LogP contribution in [0.1, 0.15) is 24.2 Å². The molecule has 6 nitrogen and oxygen atoms in total. The standard InChI is InChI=1S/C11H15NO5S/c1-7(2)17-10-8(11(13)14)5-4-6-9(10)12-18(3,15)16/h4-7,12H,1-3H3,(H,13,14). The highest BCUT2D eigenvalue weighted by atomic mass is 32.2. The molecule has 1 aromatic rings. The number of para-hydroxylation sites is 1. The molecule has 0 bridgehead atoms. The van der Waals surface area contributed by atoms with Gasteiger partial charge in [0.15, 0.2) is 5.75 Å². The van der Waals surface area contributed by atoms with E-state index >= 15 is 0 Å². The van der Waals surface area contributed by atoms with Gasteiger partial charge in [-0.15, -0.1) is 0 Å². The second-order valence-corrected chi connectivity index (χ2v) is 5.78. The Labute approximate surface area is 106 Å². The van der Waals surface area contributed by atoms with Gasteiger partial charge in [0.1, 0.15) is 5.56 Å². The Balaban J connectivity index is 3.32. The topological polar surface area (TPSA) is 92.7 Å². The Morgan fingerprint density at radius 2 is 2.00 bits per heavy atom. The zero-order valence-electron chi connectivity index (χ0n) is 10.3. The zero-order chi connectivity index (χ0) is 13.9. The van der Waals surface area contributed by atoms with Crippen molar-refractivity contribution in [3.05, 3.63) is 23.8 Å². The van der Waals surface area contributed by atoms with Crippen molar-refractivity contribution in [3.63, 3.8) is 0 Å². The molecule has 0 aromatic heterocycles. The van der Waals surface area contributed by atoms with Gasteiger partial charge in [0.05, 0.1) is 18.0 Å². The van der Waals surface area contributed by atoms with E-state index in [0.717, 1.165) is 6.26 Å². The number of carboxylic acids is 1. The first-order chi connectivity index (χ1) is 8.20. The van der Waals surface area contributed by atoms with Gasteiger partial charge in [0, 0.05) is 0 Å². The number of aromatic carboxylic acids is 1. The molecule has 0 spiro atoms. The van der Waals surface area contributed by atoms with Crippen molar-refractivity contribution >= 4 is 21.7 Å². The SMILES string of the molecule is CC(C)Oc1c(NS(C)(=O)=O)cccc1C(=O)O. The summed E-state index contributed by atoms with van der Waals surface area (Å²) < 4.78 is 30.0. The van der Waals surface area contributed by atoms with Crippen LogP contribution in [0, 0.1) is 0 Å². The Bertz CT molecular complexity index is 551. The van der Waals surface area contributed by atoms with Gasteiger partial charge in [0.2, 0.25) is 10.0 Å². The highest BCUT2D eigenvalue weighted by molar-refractivity contribution is 7.92. The lowest BCUT2D eigenvalue weighted by molar-refractivity contribution is 0.0690. The molecule has 0 unspecified atom stereocenters. The molecule has 0 radical (unpaired) electrons. The van der Waals surface area contributed by atoms with E-state index in [0.29, 0.717) is 0 Å². The largest absolute Gasteiger partial charge is 0.488 e. The molecular formula is C11H15NO5S. The lowest BCUT2D eigenvalue weighted by Crippen LogP contribution is -2.15. The number of nitrogens with one attached hydrogen (secondary N) is 1. The summed E-state index contributed by atoms with van der Waals surface area (Å²) in [5.74, 6) is -1.16. The van der Waals surface area contributed by atoms with E-state index < -0.39 is 16.0 Å². The van der Waals surface area contributed by atoms with E-state index in [1.54, 1.807) is 13.8 Å². The Morgan fingerprint density at radius 3 is 2.44 bits per heavy atom. The first-order valence-corrected chi connectivity index (χ1v) is 7.10. The molecule has 1 aromatic carbocycles. The van der Waals surface area contributed by atoms with Gasteiger partial charge in [-0.05, 0) is 26.0 Å². The van der Waals surface area contributed by atoms with Crippen LogP contribution in [0.4, 0.5) is 5.69 Å². The molecule has 0 saturated carbocycles. The van der Waals surface area contributed by atoms with E-state index in [2.05, 4.69) is 4.72 Å². The third-order valence-corrected chi connectivity index (χ3v) is 2.49. The summed E-state index contributed by atoms with van der Waals surface area (Å²) in [6.45, 7) is 3.45. The fraction of sp³-hybridized carbons (Fsp3) is 0.364. The van der Waals surface area contributed by atoms with Gasteiger partial charge in [-0.25, -0.2) is 13.2 Å². The fourth-order valence-corrected chi connectivity index (χ4v) is 1.91. The third-order valence-electron chi connectivity index (χ3n) is 1.89. The minimum atomic E-state index is -3.50. The lowest BCUT2D eigenvalue weighted by atomic mass is 10.1. The summed E-state index contributed by atoms with van der Waals surface area (Å²) in [6, 6.07) is 4.25. The molecule has 0 amide bonds.